The Morgan fingerprint density at radius 2 is 1.79 bits per heavy atom. The van der Waals surface area contributed by atoms with Crippen LogP contribution in [0.25, 0.3) is 27.5 Å². The summed E-state index contributed by atoms with van der Waals surface area (Å²) >= 11 is 0. The number of pyridine rings is 1. The molecule has 34 heavy (non-hydrogen) atoms. The van der Waals surface area contributed by atoms with Gasteiger partial charge in [0.1, 0.15) is 5.82 Å². The van der Waals surface area contributed by atoms with Crippen LogP contribution in [0.4, 0.5) is 10.1 Å². The van der Waals surface area contributed by atoms with Crippen LogP contribution in [0, 0.1) is 5.82 Å². The molecule has 0 spiro atoms. The number of H-pyrrole nitrogens is 1. The summed E-state index contributed by atoms with van der Waals surface area (Å²) in [6, 6.07) is 16.8. The molecule has 3 aromatic carbocycles. The molecule has 0 saturated carbocycles. The molecule has 1 amide bonds. The molecule has 0 aliphatic rings. The number of ether oxygens (including phenoxy) is 1. The first-order chi connectivity index (χ1) is 16.4. The lowest BCUT2D eigenvalue weighted by Crippen LogP contribution is -2.14. The minimum atomic E-state index is -0.509. The number of aromatic nitrogens is 3. The maximum Gasteiger partial charge on any atom is 0.337 e. The summed E-state index contributed by atoms with van der Waals surface area (Å²) in [6.45, 7) is 0. The number of amides is 1. The smallest absolute Gasteiger partial charge is 0.337 e. The monoisotopic (exact) mass is 456 g/mol. The summed E-state index contributed by atoms with van der Waals surface area (Å²) < 4.78 is 19.3. The van der Waals surface area contributed by atoms with E-state index in [1.165, 1.54) is 48.3 Å². The van der Waals surface area contributed by atoms with Gasteiger partial charge in [0.05, 0.1) is 34.8 Å². The molecule has 0 radical (unpaired) electrons. The minimum Gasteiger partial charge on any atom is -0.465 e. The van der Waals surface area contributed by atoms with Gasteiger partial charge in [0.2, 0.25) is 0 Å². The molecular formula is C25H17FN4O4. The number of carbonyl (C=O) groups is 2. The predicted octanol–water partition coefficient (Wildman–Crippen LogP) is 4.05. The molecule has 0 fully saturated rings. The molecule has 9 heteroatoms. The number of anilines is 1. The first kappa shape index (κ1) is 21.1. The molecule has 0 atom stereocenters. The number of hydrogen-bond donors (Lipinski definition) is 2. The molecule has 0 aliphatic heterocycles. The Hall–Kier alpha value is -4.79. The second-order valence-electron chi connectivity index (χ2n) is 7.53. The van der Waals surface area contributed by atoms with Crippen molar-refractivity contribution < 1.29 is 18.7 Å². The highest BCUT2D eigenvalue weighted by molar-refractivity contribution is 6.10. The zero-order valence-electron chi connectivity index (χ0n) is 17.8. The van der Waals surface area contributed by atoms with E-state index in [4.69, 9.17) is 4.74 Å². The molecule has 5 rings (SSSR count). The average molecular weight is 456 g/mol. The van der Waals surface area contributed by atoms with Gasteiger partial charge in [0, 0.05) is 22.8 Å². The highest BCUT2D eigenvalue weighted by atomic mass is 19.1. The van der Waals surface area contributed by atoms with E-state index in [0.29, 0.717) is 44.3 Å². The number of halogens is 1. The summed E-state index contributed by atoms with van der Waals surface area (Å²) in [7, 11) is 1.28. The van der Waals surface area contributed by atoms with Gasteiger partial charge in [0.25, 0.3) is 11.5 Å². The number of nitrogens with zero attached hydrogens (tertiary/aromatic N) is 2. The quantitative estimate of drug-likeness (QED) is 0.397. The van der Waals surface area contributed by atoms with Crippen LogP contribution in [0.15, 0.2) is 77.7 Å². The Morgan fingerprint density at radius 1 is 1.00 bits per heavy atom. The van der Waals surface area contributed by atoms with Gasteiger partial charge in [-0.1, -0.05) is 6.07 Å². The Bertz CT molecular complexity index is 1640. The number of methoxy groups -OCH3 is 1. The summed E-state index contributed by atoms with van der Waals surface area (Å²) in [5.74, 6) is -1.32. The van der Waals surface area contributed by atoms with Gasteiger partial charge in [-0.05, 0) is 60.7 Å². The number of rotatable bonds is 4. The van der Waals surface area contributed by atoms with Gasteiger partial charge in [0.15, 0.2) is 0 Å². The molecule has 2 aromatic heterocycles. The van der Waals surface area contributed by atoms with E-state index < -0.39 is 17.7 Å². The van der Waals surface area contributed by atoms with Gasteiger partial charge in [-0.25, -0.2) is 13.9 Å². The second-order valence-corrected chi connectivity index (χ2v) is 7.53. The molecule has 5 aromatic rings. The number of aromatic amines is 1. The largest absolute Gasteiger partial charge is 0.465 e. The molecule has 0 bridgehead atoms. The van der Waals surface area contributed by atoms with Crippen molar-refractivity contribution in [2.45, 2.75) is 0 Å². The van der Waals surface area contributed by atoms with Gasteiger partial charge in [-0.2, -0.15) is 0 Å². The number of fused-ring (bicyclic) bond motifs is 3. The average Bonchev–Trinajstić information content (AvgIpc) is 3.20. The molecule has 0 saturated heterocycles. The third-order valence-corrected chi connectivity index (χ3v) is 5.41. The number of benzene rings is 3. The maximum absolute atomic E-state index is 13.3. The van der Waals surface area contributed by atoms with Crippen LogP contribution in [0.3, 0.4) is 0 Å². The summed E-state index contributed by atoms with van der Waals surface area (Å²) in [6.07, 6.45) is 1.47. The summed E-state index contributed by atoms with van der Waals surface area (Å²) in [4.78, 5) is 41.9. The standard InChI is InChI=1S/C25H17FN4O4/c1-34-25(33)15-3-2-4-17(11-15)28-23(31)14-5-10-21-19(12-14)22-20(13-27-21)24(32)30(29-22)18-8-6-16(26)7-9-18/h2-13,29H,1H3,(H,28,31). The fourth-order valence-electron chi connectivity index (χ4n) is 3.72. The molecule has 168 valence electrons. The van der Waals surface area contributed by atoms with E-state index >= 15 is 0 Å². The molecule has 2 N–H and O–H groups in total. The maximum atomic E-state index is 13.3. The van der Waals surface area contributed by atoms with Crippen LogP contribution >= 0.6 is 0 Å². The van der Waals surface area contributed by atoms with E-state index in [1.54, 1.807) is 36.4 Å². The SMILES string of the molecule is COC(=O)c1cccc(NC(=O)c2ccc3ncc4c(=O)n(-c5ccc(F)cc5)[nH]c4c3c2)c1. The van der Waals surface area contributed by atoms with Gasteiger partial charge >= 0.3 is 5.97 Å². The first-order valence-corrected chi connectivity index (χ1v) is 10.2. The number of carbonyl (C=O) groups excluding carboxylic acids is 2. The molecular weight excluding hydrogens is 439 g/mol. The third kappa shape index (κ3) is 3.69. The highest BCUT2D eigenvalue weighted by Gasteiger charge is 2.15. The van der Waals surface area contributed by atoms with Crippen LogP contribution in [-0.4, -0.2) is 33.8 Å². The van der Waals surface area contributed by atoms with Gasteiger partial charge in [-0.15, -0.1) is 0 Å². The Balaban J connectivity index is 1.54. The normalized spacial score (nSPS) is 11.0. The summed E-state index contributed by atoms with van der Waals surface area (Å²) in [5.41, 5.74) is 2.29. The van der Waals surface area contributed by atoms with E-state index in [2.05, 4.69) is 15.4 Å². The van der Waals surface area contributed by atoms with Crippen LogP contribution in [0.5, 0.6) is 0 Å². The van der Waals surface area contributed by atoms with E-state index in [-0.39, 0.29) is 5.56 Å². The number of nitrogens with one attached hydrogen (secondary N) is 2. The van der Waals surface area contributed by atoms with Crippen molar-refractivity contribution in [3.63, 3.8) is 0 Å². The van der Waals surface area contributed by atoms with Crippen molar-refractivity contribution in [2.75, 3.05) is 12.4 Å². The van der Waals surface area contributed by atoms with Crippen LogP contribution in [0.1, 0.15) is 20.7 Å². The predicted molar refractivity (Wildman–Crippen MR) is 125 cm³/mol. The van der Waals surface area contributed by atoms with E-state index in [1.807, 2.05) is 0 Å². The van der Waals surface area contributed by atoms with Crippen LogP contribution < -0.4 is 10.9 Å². The fraction of sp³-hybridized carbons (Fsp3) is 0.0400. The van der Waals surface area contributed by atoms with E-state index in [9.17, 15) is 18.8 Å². The van der Waals surface area contributed by atoms with Crippen molar-refractivity contribution in [2.24, 2.45) is 0 Å². The van der Waals surface area contributed by atoms with Crippen molar-refractivity contribution in [1.82, 2.24) is 14.8 Å². The molecule has 0 unspecified atom stereocenters. The lowest BCUT2D eigenvalue weighted by atomic mass is 10.1. The Labute approximate surface area is 191 Å². The van der Waals surface area contributed by atoms with Crippen LogP contribution in [-0.2, 0) is 4.74 Å². The van der Waals surface area contributed by atoms with Gasteiger partial charge in [-0.3, -0.25) is 19.7 Å². The Morgan fingerprint density at radius 3 is 2.56 bits per heavy atom. The first-order valence-electron chi connectivity index (χ1n) is 10.2. The number of hydrogen-bond acceptors (Lipinski definition) is 5. The minimum absolute atomic E-state index is 0.310. The lowest BCUT2D eigenvalue weighted by molar-refractivity contribution is 0.0600. The number of esters is 1. The lowest BCUT2D eigenvalue weighted by Gasteiger charge is -2.08. The van der Waals surface area contributed by atoms with Crippen molar-refractivity contribution >= 4 is 39.4 Å². The molecule has 8 nitrogen and oxygen atoms in total. The fourth-order valence-corrected chi connectivity index (χ4v) is 3.72. The highest BCUT2D eigenvalue weighted by Crippen LogP contribution is 2.23. The van der Waals surface area contributed by atoms with Crippen molar-refractivity contribution in [1.29, 1.82) is 0 Å². The molecule has 2 heterocycles. The second kappa shape index (κ2) is 8.28. The topological polar surface area (TPSA) is 106 Å². The van der Waals surface area contributed by atoms with Crippen molar-refractivity contribution in [3.05, 3.63) is 100 Å². The van der Waals surface area contributed by atoms with Crippen molar-refractivity contribution in [3.8, 4) is 5.69 Å². The summed E-state index contributed by atoms with van der Waals surface area (Å²) in [5, 5.41) is 6.71. The van der Waals surface area contributed by atoms with Gasteiger partial charge < -0.3 is 10.1 Å². The third-order valence-electron chi connectivity index (χ3n) is 5.41. The van der Waals surface area contributed by atoms with E-state index in [0.717, 1.165) is 0 Å². The van der Waals surface area contributed by atoms with Crippen LogP contribution in [0.2, 0.25) is 0 Å². The molecule has 0 aliphatic carbocycles. The zero-order valence-corrected chi connectivity index (χ0v) is 17.8. The Kier molecular flexibility index (Phi) is 5.14. The zero-order chi connectivity index (χ0) is 23.8.